The first-order valence-corrected chi connectivity index (χ1v) is 13.7. The van der Waals surface area contributed by atoms with E-state index in [2.05, 4.69) is 24.8 Å². The van der Waals surface area contributed by atoms with Crippen LogP contribution in [0.25, 0.3) is 33.0 Å². The number of rotatable bonds is 4. The predicted octanol–water partition coefficient (Wildman–Crippen LogP) is 6.35. The molecule has 210 valence electrons. The third-order valence-electron chi connectivity index (χ3n) is 7.89. The van der Waals surface area contributed by atoms with Crippen LogP contribution in [0.15, 0.2) is 42.7 Å². The predicted molar refractivity (Wildman–Crippen MR) is 154 cm³/mol. The lowest BCUT2D eigenvalue weighted by Gasteiger charge is -2.56. The summed E-state index contributed by atoms with van der Waals surface area (Å²) in [6, 6.07) is 8.39. The van der Waals surface area contributed by atoms with Crippen molar-refractivity contribution < 1.29 is 18.7 Å². The zero-order valence-corrected chi connectivity index (χ0v) is 23.4. The molecule has 11 heteroatoms. The maximum atomic E-state index is 15.1. The molecule has 1 amide bonds. The number of carbonyl (C=O) groups is 1. The van der Waals surface area contributed by atoms with Crippen molar-refractivity contribution in [2.75, 3.05) is 29.9 Å². The topological polar surface area (TPSA) is 109 Å². The molecular weight excluding hydrogens is 525 g/mol. The lowest BCUT2D eigenvalue weighted by molar-refractivity contribution is 0.0589. The molecule has 5 heterocycles. The van der Waals surface area contributed by atoms with E-state index >= 15 is 4.39 Å². The van der Waals surface area contributed by atoms with E-state index in [1.807, 2.05) is 12.1 Å². The van der Waals surface area contributed by atoms with Gasteiger partial charge in [0.25, 0.3) is 0 Å². The van der Waals surface area contributed by atoms with Gasteiger partial charge in [0, 0.05) is 43.2 Å². The molecule has 0 bridgehead atoms. The van der Waals surface area contributed by atoms with Crippen molar-refractivity contribution in [3.63, 3.8) is 0 Å². The Morgan fingerprint density at radius 3 is 2.66 bits per heavy atom. The monoisotopic (exact) mass is 555 g/mol. The molecule has 1 spiro atoms. The molecule has 1 N–H and O–H groups in total. The van der Waals surface area contributed by atoms with Gasteiger partial charge in [-0.05, 0) is 57.9 Å². The standard InChI is InChI=1S/C30H30FN7O3/c1-29(2,3)41-28(39)37(4)22-12-17(31)11-19-23-25(34-24(19)22)35-27(36-26(23)38-15-30(16-38)8-6-9-30)40-18-13-21-20(33-14-18)7-5-10-32-21/h5,7,10-14H,6,8-9,15-16H2,1-4H3,(H,34,35,36). The van der Waals surface area contributed by atoms with Gasteiger partial charge < -0.3 is 19.4 Å². The van der Waals surface area contributed by atoms with Gasteiger partial charge in [-0.3, -0.25) is 14.9 Å². The first-order chi connectivity index (χ1) is 19.6. The summed E-state index contributed by atoms with van der Waals surface area (Å²) in [5.41, 5.74) is 2.43. The van der Waals surface area contributed by atoms with E-state index in [0.717, 1.165) is 18.6 Å². The number of halogens is 1. The number of amides is 1. The van der Waals surface area contributed by atoms with E-state index < -0.39 is 17.5 Å². The molecule has 7 rings (SSSR count). The van der Waals surface area contributed by atoms with Gasteiger partial charge in [0.2, 0.25) is 0 Å². The van der Waals surface area contributed by atoms with E-state index in [4.69, 9.17) is 14.5 Å². The second-order valence-corrected chi connectivity index (χ2v) is 12.1. The molecule has 1 aliphatic heterocycles. The third-order valence-corrected chi connectivity index (χ3v) is 7.89. The molecule has 2 aliphatic rings. The van der Waals surface area contributed by atoms with Gasteiger partial charge in [0.15, 0.2) is 5.75 Å². The van der Waals surface area contributed by atoms with Crippen LogP contribution < -0.4 is 14.5 Å². The largest absolute Gasteiger partial charge is 0.443 e. The number of hydrogen-bond donors (Lipinski definition) is 1. The van der Waals surface area contributed by atoms with Crippen molar-refractivity contribution in [1.82, 2.24) is 24.9 Å². The lowest BCUT2D eigenvalue weighted by Crippen LogP contribution is -2.60. The Morgan fingerprint density at radius 2 is 1.93 bits per heavy atom. The van der Waals surface area contributed by atoms with Crippen molar-refractivity contribution >= 4 is 50.6 Å². The molecule has 1 saturated carbocycles. The molecule has 4 aromatic heterocycles. The number of hydrogen-bond acceptors (Lipinski definition) is 8. The average Bonchev–Trinajstić information content (AvgIpc) is 3.23. The van der Waals surface area contributed by atoms with Crippen molar-refractivity contribution in [1.29, 1.82) is 0 Å². The van der Waals surface area contributed by atoms with Crippen LogP contribution >= 0.6 is 0 Å². The SMILES string of the molecule is CN(C(=O)OC(C)(C)C)c1cc(F)cc2c1[nH]c1nc(Oc3cnc4cccnc4c3)nc(N3CC4(CCC4)C3)c12. The van der Waals surface area contributed by atoms with Crippen LogP contribution in [0, 0.1) is 11.2 Å². The van der Waals surface area contributed by atoms with Crippen molar-refractivity contribution in [3.8, 4) is 11.8 Å². The first-order valence-electron chi connectivity index (χ1n) is 13.7. The van der Waals surface area contributed by atoms with Crippen molar-refractivity contribution in [2.45, 2.75) is 45.6 Å². The van der Waals surface area contributed by atoms with E-state index in [9.17, 15) is 4.79 Å². The number of nitrogens with zero attached hydrogens (tertiary/aromatic N) is 6. The van der Waals surface area contributed by atoms with Gasteiger partial charge >= 0.3 is 12.1 Å². The summed E-state index contributed by atoms with van der Waals surface area (Å²) >= 11 is 0. The number of ether oxygens (including phenoxy) is 2. The zero-order chi connectivity index (χ0) is 28.5. The van der Waals surface area contributed by atoms with Gasteiger partial charge in [-0.2, -0.15) is 9.97 Å². The van der Waals surface area contributed by atoms with Crippen LogP contribution in [-0.4, -0.2) is 56.8 Å². The van der Waals surface area contributed by atoms with Crippen LogP contribution in [-0.2, 0) is 4.74 Å². The summed E-state index contributed by atoms with van der Waals surface area (Å²) in [4.78, 5) is 38.0. The minimum Gasteiger partial charge on any atom is -0.443 e. The van der Waals surface area contributed by atoms with Crippen LogP contribution in [0.5, 0.6) is 11.8 Å². The lowest BCUT2D eigenvalue weighted by atomic mass is 9.63. The molecule has 1 aliphatic carbocycles. The molecule has 1 saturated heterocycles. The summed E-state index contributed by atoms with van der Waals surface area (Å²) in [6.07, 6.45) is 6.35. The van der Waals surface area contributed by atoms with E-state index in [-0.39, 0.29) is 6.01 Å². The van der Waals surface area contributed by atoms with Gasteiger partial charge in [-0.25, -0.2) is 9.18 Å². The Kier molecular flexibility index (Phi) is 5.57. The molecule has 0 unspecified atom stereocenters. The van der Waals surface area contributed by atoms with E-state index in [0.29, 0.717) is 50.1 Å². The molecule has 10 nitrogen and oxygen atoms in total. The third kappa shape index (κ3) is 4.45. The van der Waals surface area contributed by atoms with Gasteiger partial charge in [-0.1, -0.05) is 6.42 Å². The van der Waals surface area contributed by atoms with Crippen molar-refractivity contribution in [3.05, 3.63) is 48.5 Å². The number of benzene rings is 1. The number of fused-ring (bicyclic) bond motifs is 4. The Labute approximate surface area is 235 Å². The molecule has 41 heavy (non-hydrogen) atoms. The second-order valence-electron chi connectivity index (χ2n) is 12.1. The highest BCUT2D eigenvalue weighted by Crippen LogP contribution is 2.51. The Hall–Kier alpha value is -4.54. The first kappa shape index (κ1) is 25.4. The molecule has 0 atom stereocenters. The maximum absolute atomic E-state index is 15.1. The molecule has 0 radical (unpaired) electrons. The number of H-pyrrole nitrogens is 1. The van der Waals surface area contributed by atoms with Crippen LogP contribution in [0.4, 0.5) is 20.7 Å². The fourth-order valence-corrected chi connectivity index (χ4v) is 5.78. The van der Waals surface area contributed by atoms with Gasteiger partial charge in [-0.15, -0.1) is 0 Å². The molecular formula is C30H30FN7O3. The minimum absolute atomic E-state index is 0.133. The number of carbonyl (C=O) groups excluding carboxylic acids is 1. The number of nitrogens with one attached hydrogen (secondary N) is 1. The molecule has 1 aromatic carbocycles. The highest BCUT2D eigenvalue weighted by molar-refractivity contribution is 6.16. The van der Waals surface area contributed by atoms with Gasteiger partial charge in [0.1, 0.15) is 22.9 Å². The summed E-state index contributed by atoms with van der Waals surface area (Å²) < 4.78 is 26.7. The fraction of sp³-hybridized carbons (Fsp3) is 0.367. The Morgan fingerprint density at radius 1 is 1.12 bits per heavy atom. The smallest absolute Gasteiger partial charge is 0.414 e. The number of pyridine rings is 2. The highest BCUT2D eigenvalue weighted by Gasteiger charge is 2.48. The number of anilines is 2. The van der Waals surface area contributed by atoms with Crippen LogP contribution in [0.2, 0.25) is 0 Å². The summed E-state index contributed by atoms with van der Waals surface area (Å²) in [5.74, 6) is 0.633. The highest BCUT2D eigenvalue weighted by atomic mass is 19.1. The van der Waals surface area contributed by atoms with Crippen LogP contribution in [0.3, 0.4) is 0 Å². The number of aromatic nitrogens is 5. The van der Waals surface area contributed by atoms with Gasteiger partial charge in [0.05, 0.1) is 33.8 Å². The normalized spacial score (nSPS) is 16.2. The maximum Gasteiger partial charge on any atom is 0.414 e. The quantitative estimate of drug-likeness (QED) is 0.273. The minimum atomic E-state index is -0.703. The summed E-state index contributed by atoms with van der Waals surface area (Å²) in [5, 5.41) is 1.26. The van der Waals surface area contributed by atoms with E-state index in [1.54, 1.807) is 46.3 Å². The Bertz CT molecular complexity index is 1840. The zero-order valence-electron chi connectivity index (χ0n) is 23.4. The second kappa shape index (κ2) is 8.98. The van der Waals surface area contributed by atoms with E-state index in [1.165, 1.54) is 36.3 Å². The average molecular weight is 556 g/mol. The van der Waals surface area contributed by atoms with Crippen molar-refractivity contribution in [2.24, 2.45) is 5.41 Å². The number of aromatic amines is 1. The van der Waals surface area contributed by atoms with Crippen LogP contribution in [0.1, 0.15) is 40.0 Å². The fourth-order valence-electron chi connectivity index (χ4n) is 5.78. The molecule has 5 aromatic rings. The Balaban J connectivity index is 1.35. The summed E-state index contributed by atoms with van der Waals surface area (Å²) in [6.45, 7) is 7.10. The molecule has 2 fully saturated rings. The summed E-state index contributed by atoms with van der Waals surface area (Å²) in [7, 11) is 1.56.